The lowest BCUT2D eigenvalue weighted by molar-refractivity contribution is -0.562. The van der Waals surface area contributed by atoms with Crippen molar-refractivity contribution in [3.05, 3.63) is 64.2 Å². The fourth-order valence-corrected chi connectivity index (χ4v) is 3.82. The first kappa shape index (κ1) is 18.2. The smallest absolute Gasteiger partial charge is 0.333 e. The van der Waals surface area contributed by atoms with Gasteiger partial charge >= 0.3 is 11.6 Å². The van der Waals surface area contributed by atoms with E-state index in [2.05, 4.69) is 5.32 Å². The maximum Gasteiger partial charge on any atom is 0.333 e. The quantitative estimate of drug-likeness (QED) is 0.447. The summed E-state index contributed by atoms with van der Waals surface area (Å²) in [6.07, 6.45) is 5.02. The Morgan fingerprint density at radius 3 is 2.67 bits per heavy atom. The van der Waals surface area contributed by atoms with E-state index in [0.717, 1.165) is 4.90 Å². The third kappa shape index (κ3) is 3.68. The highest BCUT2D eigenvalue weighted by Gasteiger charge is 2.53. The first-order chi connectivity index (χ1) is 11.4. The molecule has 7 heteroatoms. The van der Waals surface area contributed by atoms with Crippen LogP contribution in [0.1, 0.15) is 20.3 Å². The minimum absolute atomic E-state index is 0.0128. The summed E-state index contributed by atoms with van der Waals surface area (Å²) in [5, 5.41) is 23.6. The van der Waals surface area contributed by atoms with Crippen molar-refractivity contribution in [3.63, 3.8) is 0 Å². The van der Waals surface area contributed by atoms with E-state index in [9.17, 15) is 20.0 Å². The van der Waals surface area contributed by atoms with Gasteiger partial charge in [-0.15, -0.1) is 11.8 Å². The lowest BCUT2D eigenvalue weighted by atomic mass is 9.92. The van der Waals surface area contributed by atoms with Crippen LogP contribution in [0.15, 0.2) is 59.0 Å². The number of carbonyl (C=O) groups is 1. The monoisotopic (exact) mass is 348 g/mol. The molecule has 0 fully saturated rings. The Kier molecular flexibility index (Phi) is 5.80. The average Bonchev–Trinajstić information content (AvgIpc) is 2.56. The maximum atomic E-state index is 12.0. The first-order valence-electron chi connectivity index (χ1n) is 7.67. The van der Waals surface area contributed by atoms with Crippen molar-refractivity contribution in [2.24, 2.45) is 0 Å². The van der Waals surface area contributed by atoms with E-state index in [0.29, 0.717) is 6.42 Å². The van der Waals surface area contributed by atoms with Gasteiger partial charge in [0.25, 0.3) is 0 Å². The first-order valence-corrected chi connectivity index (χ1v) is 8.55. The largest absolute Gasteiger partial charge is 0.478 e. The van der Waals surface area contributed by atoms with Gasteiger partial charge < -0.3 is 5.11 Å². The van der Waals surface area contributed by atoms with Crippen LogP contribution in [0.2, 0.25) is 0 Å². The molecule has 1 aliphatic rings. The minimum atomic E-state index is -1.67. The van der Waals surface area contributed by atoms with Crippen LogP contribution in [0.3, 0.4) is 0 Å². The molecule has 0 amide bonds. The fourth-order valence-electron chi connectivity index (χ4n) is 2.51. The summed E-state index contributed by atoms with van der Waals surface area (Å²) in [7, 11) is 0. The van der Waals surface area contributed by atoms with Gasteiger partial charge in [-0.3, -0.25) is 10.1 Å². The molecule has 0 aromatic heterocycles. The zero-order chi connectivity index (χ0) is 17.7. The molecule has 0 spiro atoms. The molecule has 0 radical (unpaired) electrons. The van der Waals surface area contributed by atoms with E-state index >= 15 is 0 Å². The number of carboxylic acids is 1. The highest BCUT2D eigenvalue weighted by molar-refractivity contribution is 8.00. The van der Waals surface area contributed by atoms with Crippen LogP contribution >= 0.6 is 11.8 Å². The number of carboxylic acid groups (broad SMARTS) is 1. The molecule has 1 aliphatic carbocycles. The number of thioether (sulfide) groups is 1. The van der Waals surface area contributed by atoms with E-state index in [1.807, 2.05) is 44.2 Å². The average molecular weight is 348 g/mol. The van der Waals surface area contributed by atoms with Gasteiger partial charge in [0.1, 0.15) is 5.25 Å². The van der Waals surface area contributed by atoms with Gasteiger partial charge in [0, 0.05) is 21.9 Å². The minimum Gasteiger partial charge on any atom is -0.478 e. The van der Waals surface area contributed by atoms with E-state index in [1.165, 1.54) is 30.0 Å². The maximum absolute atomic E-state index is 12.0. The van der Waals surface area contributed by atoms with Crippen molar-refractivity contribution in [1.29, 1.82) is 0 Å². The summed E-state index contributed by atoms with van der Waals surface area (Å²) in [5.74, 6) is -1.15. The summed E-state index contributed by atoms with van der Waals surface area (Å²) in [6, 6.07) is 8.98. The molecule has 24 heavy (non-hydrogen) atoms. The molecule has 1 aromatic rings. The Morgan fingerprint density at radius 2 is 2.12 bits per heavy atom. The van der Waals surface area contributed by atoms with Gasteiger partial charge in [0.05, 0.1) is 5.57 Å². The fraction of sp³-hybridized carbons (Fsp3) is 0.353. The molecule has 6 nitrogen and oxygen atoms in total. The van der Waals surface area contributed by atoms with E-state index < -0.39 is 21.8 Å². The zero-order valence-corrected chi connectivity index (χ0v) is 14.3. The Balaban J connectivity index is 2.49. The highest BCUT2D eigenvalue weighted by atomic mass is 32.2. The SMILES string of the molecule is CCC(C)NC1([N+](=O)[O-])C=CC=C(C(=O)O)C1Sc1ccccc1. The molecule has 0 aliphatic heterocycles. The molecular formula is C17H20N2O4S. The Labute approximate surface area is 144 Å². The molecule has 0 saturated heterocycles. The van der Waals surface area contributed by atoms with Crippen molar-refractivity contribution in [2.45, 2.75) is 42.1 Å². The lowest BCUT2D eigenvalue weighted by Crippen LogP contribution is -2.62. The molecule has 0 saturated carbocycles. The van der Waals surface area contributed by atoms with Crippen LogP contribution < -0.4 is 5.32 Å². The van der Waals surface area contributed by atoms with E-state index in [-0.39, 0.29) is 11.6 Å². The third-order valence-electron chi connectivity index (χ3n) is 3.94. The predicted molar refractivity (Wildman–Crippen MR) is 93.6 cm³/mol. The van der Waals surface area contributed by atoms with E-state index in [1.54, 1.807) is 0 Å². The summed E-state index contributed by atoms with van der Waals surface area (Å²) in [5.41, 5.74) is -1.66. The molecule has 3 unspecified atom stereocenters. The van der Waals surface area contributed by atoms with Crippen molar-refractivity contribution < 1.29 is 14.8 Å². The van der Waals surface area contributed by atoms with Crippen molar-refractivity contribution in [3.8, 4) is 0 Å². The van der Waals surface area contributed by atoms with Crippen molar-refractivity contribution in [1.82, 2.24) is 5.32 Å². The second-order valence-electron chi connectivity index (χ2n) is 5.63. The second-order valence-corrected chi connectivity index (χ2v) is 6.81. The van der Waals surface area contributed by atoms with Gasteiger partial charge in [-0.2, -0.15) is 0 Å². The topological polar surface area (TPSA) is 92.5 Å². The summed E-state index contributed by atoms with van der Waals surface area (Å²) in [6.45, 7) is 3.77. The van der Waals surface area contributed by atoms with Gasteiger partial charge in [-0.05, 0) is 25.5 Å². The summed E-state index contributed by atoms with van der Waals surface area (Å²) >= 11 is 1.18. The summed E-state index contributed by atoms with van der Waals surface area (Å²) in [4.78, 5) is 24.0. The van der Waals surface area contributed by atoms with Crippen molar-refractivity contribution >= 4 is 17.7 Å². The number of hydrogen-bond donors (Lipinski definition) is 2. The highest BCUT2D eigenvalue weighted by Crippen LogP contribution is 2.39. The van der Waals surface area contributed by atoms with Gasteiger partial charge in [-0.1, -0.05) is 37.3 Å². The molecular weight excluding hydrogens is 328 g/mol. The number of nitrogens with zero attached hydrogens (tertiary/aromatic N) is 1. The summed E-state index contributed by atoms with van der Waals surface area (Å²) < 4.78 is 0. The van der Waals surface area contributed by atoms with Crippen LogP contribution in [0.4, 0.5) is 0 Å². The molecule has 2 N–H and O–H groups in total. The Morgan fingerprint density at radius 1 is 1.46 bits per heavy atom. The van der Waals surface area contributed by atoms with Crippen LogP contribution in [0.5, 0.6) is 0 Å². The number of rotatable bonds is 7. The van der Waals surface area contributed by atoms with E-state index in [4.69, 9.17) is 0 Å². The number of hydrogen-bond acceptors (Lipinski definition) is 5. The molecule has 1 aromatic carbocycles. The normalized spacial score (nSPS) is 24.2. The van der Waals surface area contributed by atoms with Gasteiger partial charge in [-0.25, -0.2) is 10.1 Å². The molecule has 2 rings (SSSR count). The number of allylic oxidation sites excluding steroid dienone is 2. The number of nitro groups is 1. The van der Waals surface area contributed by atoms with Crippen LogP contribution in [0.25, 0.3) is 0 Å². The second kappa shape index (κ2) is 7.63. The van der Waals surface area contributed by atoms with Crippen LogP contribution in [0, 0.1) is 10.1 Å². The van der Waals surface area contributed by atoms with Gasteiger partial charge in [0.2, 0.25) is 0 Å². The number of nitrogens with one attached hydrogen (secondary N) is 1. The lowest BCUT2D eigenvalue weighted by Gasteiger charge is -2.35. The van der Waals surface area contributed by atoms with Crippen molar-refractivity contribution in [2.75, 3.05) is 0 Å². The zero-order valence-electron chi connectivity index (χ0n) is 13.5. The molecule has 0 bridgehead atoms. The van der Waals surface area contributed by atoms with Crippen LogP contribution in [-0.2, 0) is 4.79 Å². The third-order valence-corrected chi connectivity index (χ3v) is 5.34. The number of benzene rings is 1. The standard InChI is InChI=1S/C17H20N2O4S/c1-3-12(2)18-17(19(22)23)11-7-10-14(16(20)21)15(17)24-13-8-5-4-6-9-13/h4-12,15,18H,3H2,1-2H3,(H,20,21). The Hall–Kier alpha value is -2.12. The molecule has 0 heterocycles. The molecule has 128 valence electrons. The van der Waals surface area contributed by atoms with Gasteiger partial charge in [0.15, 0.2) is 0 Å². The predicted octanol–water partition coefficient (Wildman–Crippen LogP) is 3.09. The Bertz CT molecular complexity index is 674. The van der Waals surface area contributed by atoms with Crippen LogP contribution in [-0.4, -0.2) is 33.0 Å². The number of aliphatic carboxylic acids is 1. The molecule has 3 atom stereocenters.